The third-order valence-electron chi connectivity index (χ3n) is 2.86. The van der Waals surface area contributed by atoms with E-state index < -0.39 is 0 Å². The molecule has 0 amide bonds. The van der Waals surface area contributed by atoms with Gasteiger partial charge in [0.1, 0.15) is 0 Å². The molecular weight excluding hydrogens is 188 g/mol. The SMILES string of the molecule is Cc1cc(NC2CCOCC2)ccc1N. The fraction of sp³-hybridized carbons (Fsp3) is 0.500. The van der Waals surface area contributed by atoms with Crippen molar-refractivity contribution < 1.29 is 4.74 Å². The van der Waals surface area contributed by atoms with Crippen LogP contribution >= 0.6 is 0 Å². The second-order valence-electron chi connectivity index (χ2n) is 4.10. The van der Waals surface area contributed by atoms with E-state index >= 15 is 0 Å². The summed E-state index contributed by atoms with van der Waals surface area (Å²) in [6.45, 7) is 3.77. The van der Waals surface area contributed by atoms with Crippen molar-refractivity contribution in [2.24, 2.45) is 0 Å². The Bertz CT molecular complexity index is 332. The maximum atomic E-state index is 5.77. The highest BCUT2D eigenvalue weighted by Gasteiger charge is 2.13. The van der Waals surface area contributed by atoms with E-state index in [1.165, 1.54) is 0 Å². The van der Waals surface area contributed by atoms with Gasteiger partial charge in [0.25, 0.3) is 0 Å². The van der Waals surface area contributed by atoms with Gasteiger partial charge < -0.3 is 15.8 Å². The second kappa shape index (κ2) is 4.53. The lowest BCUT2D eigenvalue weighted by Gasteiger charge is -2.24. The first kappa shape index (κ1) is 10.3. The highest BCUT2D eigenvalue weighted by Crippen LogP contribution is 2.19. The minimum absolute atomic E-state index is 0.543. The van der Waals surface area contributed by atoms with Crippen LogP contribution in [0.3, 0.4) is 0 Å². The molecule has 0 bridgehead atoms. The number of anilines is 2. The van der Waals surface area contributed by atoms with E-state index in [1.807, 2.05) is 19.1 Å². The van der Waals surface area contributed by atoms with E-state index in [9.17, 15) is 0 Å². The summed E-state index contributed by atoms with van der Waals surface area (Å²) in [5, 5.41) is 3.51. The van der Waals surface area contributed by atoms with Gasteiger partial charge in [0.05, 0.1) is 0 Å². The van der Waals surface area contributed by atoms with E-state index in [0.717, 1.165) is 43.0 Å². The Morgan fingerprint density at radius 3 is 2.73 bits per heavy atom. The maximum Gasteiger partial charge on any atom is 0.0485 e. The van der Waals surface area contributed by atoms with Gasteiger partial charge in [-0.3, -0.25) is 0 Å². The number of nitrogens with two attached hydrogens (primary N) is 1. The molecule has 1 aromatic rings. The van der Waals surface area contributed by atoms with Crippen LogP contribution in [-0.2, 0) is 4.74 Å². The van der Waals surface area contributed by atoms with Crippen molar-refractivity contribution >= 4 is 11.4 Å². The van der Waals surface area contributed by atoms with E-state index in [0.29, 0.717) is 6.04 Å². The molecule has 0 radical (unpaired) electrons. The van der Waals surface area contributed by atoms with Crippen molar-refractivity contribution in [2.75, 3.05) is 24.3 Å². The minimum atomic E-state index is 0.543. The molecule has 0 aliphatic carbocycles. The van der Waals surface area contributed by atoms with Gasteiger partial charge in [-0.1, -0.05) is 0 Å². The van der Waals surface area contributed by atoms with Crippen LogP contribution < -0.4 is 11.1 Å². The molecule has 15 heavy (non-hydrogen) atoms. The van der Waals surface area contributed by atoms with E-state index in [1.54, 1.807) is 0 Å². The van der Waals surface area contributed by atoms with Gasteiger partial charge in [-0.15, -0.1) is 0 Å². The Morgan fingerprint density at radius 1 is 1.33 bits per heavy atom. The zero-order valence-corrected chi connectivity index (χ0v) is 9.12. The summed E-state index contributed by atoms with van der Waals surface area (Å²) in [5.74, 6) is 0. The topological polar surface area (TPSA) is 47.3 Å². The first-order chi connectivity index (χ1) is 7.25. The van der Waals surface area contributed by atoms with Gasteiger partial charge in [0.2, 0.25) is 0 Å². The summed E-state index contributed by atoms with van der Waals surface area (Å²) in [6, 6.07) is 6.64. The molecule has 2 rings (SSSR count). The number of nitrogen functional groups attached to an aromatic ring is 1. The molecule has 1 aromatic carbocycles. The van der Waals surface area contributed by atoms with Gasteiger partial charge in [0.15, 0.2) is 0 Å². The quantitative estimate of drug-likeness (QED) is 0.729. The zero-order chi connectivity index (χ0) is 10.7. The van der Waals surface area contributed by atoms with Crippen molar-refractivity contribution in [1.82, 2.24) is 0 Å². The molecule has 1 fully saturated rings. The van der Waals surface area contributed by atoms with Gasteiger partial charge >= 0.3 is 0 Å². The molecule has 3 N–H and O–H groups in total. The molecule has 1 aliphatic rings. The van der Waals surface area contributed by atoms with E-state index in [2.05, 4.69) is 11.4 Å². The van der Waals surface area contributed by atoms with E-state index in [4.69, 9.17) is 10.5 Å². The third kappa shape index (κ3) is 2.63. The van der Waals surface area contributed by atoms with Gasteiger partial charge in [-0.25, -0.2) is 0 Å². The lowest BCUT2D eigenvalue weighted by molar-refractivity contribution is 0.0904. The Hall–Kier alpha value is -1.22. The van der Waals surface area contributed by atoms with Crippen molar-refractivity contribution in [2.45, 2.75) is 25.8 Å². The fourth-order valence-electron chi connectivity index (χ4n) is 1.84. The summed E-state index contributed by atoms with van der Waals surface area (Å²) in [7, 11) is 0. The molecule has 1 aliphatic heterocycles. The first-order valence-electron chi connectivity index (χ1n) is 5.46. The number of benzene rings is 1. The zero-order valence-electron chi connectivity index (χ0n) is 9.12. The minimum Gasteiger partial charge on any atom is -0.399 e. The second-order valence-corrected chi connectivity index (χ2v) is 4.10. The predicted octanol–water partition coefficient (Wildman–Crippen LogP) is 2.17. The lowest BCUT2D eigenvalue weighted by atomic mass is 10.1. The van der Waals surface area contributed by atoms with E-state index in [-0.39, 0.29) is 0 Å². The lowest BCUT2D eigenvalue weighted by Crippen LogP contribution is -2.27. The molecule has 82 valence electrons. The molecule has 0 saturated carbocycles. The van der Waals surface area contributed by atoms with Crippen LogP contribution in [0.15, 0.2) is 18.2 Å². The summed E-state index contributed by atoms with van der Waals surface area (Å²) >= 11 is 0. The average molecular weight is 206 g/mol. The number of hydrogen-bond donors (Lipinski definition) is 2. The number of aryl methyl sites for hydroxylation is 1. The molecule has 1 saturated heterocycles. The predicted molar refractivity (Wildman–Crippen MR) is 63.1 cm³/mol. The van der Waals surface area contributed by atoms with Crippen LogP contribution in [0.4, 0.5) is 11.4 Å². The molecule has 1 heterocycles. The molecule has 0 atom stereocenters. The Balaban J connectivity index is 2.00. The summed E-state index contributed by atoms with van der Waals surface area (Å²) in [5.41, 5.74) is 8.92. The highest BCUT2D eigenvalue weighted by atomic mass is 16.5. The van der Waals surface area contributed by atoms with Crippen LogP contribution in [-0.4, -0.2) is 19.3 Å². The van der Waals surface area contributed by atoms with Crippen molar-refractivity contribution in [1.29, 1.82) is 0 Å². The largest absolute Gasteiger partial charge is 0.399 e. The Kier molecular flexibility index (Phi) is 3.11. The standard InChI is InChI=1S/C12H18N2O/c1-9-8-11(2-3-12(9)13)14-10-4-6-15-7-5-10/h2-3,8,10,14H,4-7,13H2,1H3. The molecule has 0 aromatic heterocycles. The van der Waals surface area contributed by atoms with Crippen LogP contribution in [0.25, 0.3) is 0 Å². The molecule has 3 nitrogen and oxygen atoms in total. The van der Waals surface area contributed by atoms with Crippen LogP contribution in [0, 0.1) is 6.92 Å². The van der Waals surface area contributed by atoms with Gasteiger partial charge in [-0.2, -0.15) is 0 Å². The Labute approximate surface area is 90.6 Å². The number of rotatable bonds is 2. The molecule has 0 unspecified atom stereocenters. The molecule has 0 spiro atoms. The Morgan fingerprint density at radius 2 is 2.07 bits per heavy atom. The first-order valence-corrected chi connectivity index (χ1v) is 5.46. The third-order valence-corrected chi connectivity index (χ3v) is 2.86. The van der Waals surface area contributed by atoms with Gasteiger partial charge in [-0.05, 0) is 43.5 Å². The van der Waals surface area contributed by atoms with Gasteiger partial charge in [0, 0.05) is 30.6 Å². The molecular formula is C12H18N2O. The fourth-order valence-corrected chi connectivity index (χ4v) is 1.84. The summed E-state index contributed by atoms with van der Waals surface area (Å²) < 4.78 is 5.32. The monoisotopic (exact) mass is 206 g/mol. The van der Waals surface area contributed by atoms with Crippen molar-refractivity contribution in [3.05, 3.63) is 23.8 Å². The maximum absolute atomic E-state index is 5.77. The number of hydrogen-bond acceptors (Lipinski definition) is 3. The highest BCUT2D eigenvalue weighted by molar-refractivity contribution is 5.57. The number of nitrogens with one attached hydrogen (secondary N) is 1. The summed E-state index contributed by atoms with van der Waals surface area (Å²) in [6.07, 6.45) is 2.17. The number of ether oxygens (including phenoxy) is 1. The smallest absolute Gasteiger partial charge is 0.0485 e. The molecule has 3 heteroatoms. The normalized spacial score (nSPS) is 17.7. The van der Waals surface area contributed by atoms with Crippen LogP contribution in [0.2, 0.25) is 0 Å². The van der Waals surface area contributed by atoms with Crippen molar-refractivity contribution in [3.8, 4) is 0 Å². The summed E-state index contributed by atoms with van der Waals surface area (Å²) in [4.78, 5) is 0. The van der Waals surface area contributed by atoms with Crippen LogP contribution in [0.1, 0.15) is 18.4 Å². The van der Waals surface area contributed by atoms with Crippen molar-refractivity contribution in [3.63, 3.8) is 0 Å². The average Bonchev–Trinajstić information content (AvgIpc) is 2.25. The van der Waals surface area contributed by atoms with Crippen LogP contribution in [0.5, 0.6) is 0 Å².